The highest BCUT2D eigenvalue weighted by Crippen LogP contribution is 2.52. The SMILES string of the molecule is NC[C@H]1CC[C@@H](C(=O)Nc2cc(C3CC4CCC3C4)[nH]n2)O1. The minimum absolute atomic E-state index is 0.0135. The number of hydrogen-bond acceptors (Lipinski definition) is 4. The summed E-state index contributed by atoms with van der Waals surface area (Å²) in [7, 11) is 0. The van der Waals surface area contributed by atoms with Crippen molar-refractivity contribution in [2.75, 3.05) is 11.9 Å². The fourth-order valence-electron chi connectivity index (χ4n) is 4.49. The molecular formula is C16H24N4O2. The van der Waals surface area contributed by atoms with Crippen LogP contribution in [0.3, 0.4) is 0 Å². The maximum atomic E-state index is 12.2. The van der Waals surface area contributed by atoms with Crippen LogP contribution in [0.15, 0.2) is 6.07 Å². The maximum absolute atomic E-state index is 12.2. The number of H-pyrrole nitrogens is 1. The molecule has 0 radical (unpaired) electrons. The highest BCUT2D eigenvalue weighted by Gasteiger charge is 2.41. The third-order valence-electron chi connectivity index (χ3n) is 5.65. The Balaban J connectivity index is 1.37. The molecule has 4 N–H and O–H groups in total. The van der Waals surface area contributed by atoms with Gasteiger partial charge in [-0.25, -0.2) is 0 Å². The van der Waals surface area contributed by atoms with Gasteiger partial charge in [-0.2, -0.15) is 5.10 Å². The quantitative estimate of drug-likeness (QED) is 0.790. The smallest absolute Gasteiger partial charge is 0.254 e. The maximum Gasteiger partial charge on any atom is 0.254 e. The van der Waals surface area contributed by atoms with Crippen molar-refractivity contribution in [2.45, 2.75) is 56.7 Å². The number of aromatic amines is 1. The summed E-state index contributed by atoms with van der Waals surface area (Å²) in [5.74, 6) is 2.81. The van der Waals surface area contributed by atoms with Crippen LogP contribution in [-0.2, 0) is 9.53 Å². The Morgan fingerprint density at radius 3 is 2.95 bits per heavy atom. The highest BCUT2D eigenvalue weighted by atomic mass is 16.5. The molecule has 2 saturated carbocycles. The number of nitrogens with one attached hydrogen (secondary N) is 2. The van der Waals surface area contributed by atoms with Gasteiger partial charge in [0.1, 0.15) is 6.10 Å². The summed E-state index contributed by atoms with van der Waals surface area (Å²) in [5, 5.41) is 10.2. The van der Waals surface area contributed by atoms with Crippen molar-refractivity contribution in [1.82, 2.24) is 10.2 Å². The number of hydrogen-bond donors (Lipinski definition) is 3. The molecule has 120 valence electrons. The average molecular weight is 304 g/mol. The van der Waals surface area contributed by atoms with E-state index in [1.807, 2.05) is 6.07 Å². The number of amides is 1. The van der Waals surface area contributed by atoms with Crippen LogP contribution >= 0.6 is 0 Å². The third-order valence-corrected chi connectivity index (χ3v) is 5.65. The summed E-state index contributed by atoms with van der Waals surface area (Å²) < 4.78 is 5.62. The van der Waals surface area contributed by atoms with Gasteiger partial charge in [0.25, 0.3) is 5.91 Å². The van der Waals surface area contributed by atoms with Crippen molar-refractivity contribution in [2.24, 2.45) is 17.6 Å². The minimum Gasteiger partial charge on any atom is -0.364 e. The van der Waals surface area contributed by atoms with Gasteiger partial charge in [-0.3, -0.25) is 9.89 Å². The zero-order valence-corrected chi connectivity index (χ0v) is 12.8. The van der Waals surface area contributed by atoms with E-state index in [1.165, 1.54) is 31.4 Å². The lowest BCUT2D eigenvalue weighted by molar-refractivity contribution is -0.126. The van der Waals surface area contributed by atoms with Crippen molar-refractivity contribution < 1.29 is 9.53 Å². The van der Waals surface area contributed by atoms with Gasteiger partial charge in [-0.15, -0.1) is 0 Å². The molecule has 2 bridgehead atoms. The normalized spacial score (nSPS) is 36.9. The number of anilines is 1. The number of carbonyl (C=O) groups is 1. The molecule has 0 aromatic carbocycles. The van der Waals surface area contributed by atoms with Crippen molar-refractivity contribution in [3.63, 3.8) is 0 Å². The number of fused-ring (bicyclic) bond motifs is 2. The number of ether oxygens (including phenoxy) is 1. The Hall–Kier alpha value is -1.40. The monoisotopic (exact) mass is 304 g/mol. The summed E-state index contributed by atoms with van der Waals surface area (Å²) >= 11 is 0. The molecule has 22 heavy (non-hydrogen) atoms. The van der Waals surface area contributed by atoms with Crippen molar-refractivity contribution in [3.8, 4) is 0 Å². The summed E-state index contributed by atoms with van der Waals surface area (Å²) in [6.45, 7) is 0.473. The summed E-state index contributed by atoms with van der Waals surface area (Å²) in [4.78, 5) is 12.2. The Labute approximate surface area is 130 Å². The second kappa shape index (κ2) is 5.66. The lowest BCUT2D eigenvalue weighted by Gasteiger charge is -2.19. The fraction of sp³-hybridized carbons (Fsp3) is 0.750. The summed E-state index contributed by atoms with van der Waals surface area (Å²) in [5.41, 5.74) is 6.75. The van der Waals surface area contributed by atoms with Gasteiger partial charge in [-0.05, 0) is 43.9 Å². The second-order valence-electron chi connectivity index (χ2n) is 7.04. The molecule has 3 fully saturated rings. The molecule has 3 unspecified atom stereocenters. The van der Waals surface area contributed by atoms with Gasteiger partial charge >= 0.3 is 0 Å². The van der Waals surface area contributed by atoms with E-state index >= 15 is 0 Å². The zero-order chi connectivity index (χ0) is 15.1. The van der Waals surface area contributed by atoms with Crippen molar-refractivity contribution in [3.05, 3.63) is 11.8 Å². The van der Waals surface area contributed by atoms with Crippen LogP contribution in [0, 0.1) is 11.8 Å². The van der Waals surface area contributed by atoms with Gasteiger partial charge in [0.2, 0.25) is 0 Å². The van der Waals surface area contributed by atoms with Gasteiger partial charge in [-0.1, -0.05) is 6.42 Å². The molecule has 4 rings (SSSR count). The zero-order valence-electron chi connectivity index (χ0n) is 12.8. The molecule has 2 heterocycles. The van der Waals surface area contributed by atoms with E-state index in [0.717, 1.165) is 24.7 Å². The Morgan fingerprint density at radius 1 is 1.36 bits per heavy atom. The number of nitrogens with two attached hydrogens (primary N) is 1. The molecule has 1 aliphatic heterocycles. The predicted molar refractivity (Wildman–Crippen MR) is 82.4 cm³/mol. The number of aromatic nitrogens is 2. The van der Waals surface area contributed by atoms with E-state index < -0.39 is 6.10 Å². The van der Waals surface area contributed by atoms with Crippen LogP contribution in [0.25, 0.3) is 0 Å². The second-order valence-corrected chi connectivity index (χ2v) is 7.04. The van der Waals surface area contributed by atoms with Crippen LogP contribution in [-0.4, -0.2) is 34.9 Å². The number of nitrogens with zero attached hydrogens (tertiary/aromatic N) is 1. The van der Waals surface area contributed by atoms with E-state index in [1.54, 1.807) is 0 Å². The van der Waals surface area contributed by atoms with Gasteiger partial charge < -0.3 is 15.8 Å². The van der Waals surface area contributed by atoms with Crippen molar-refractivity contribution in [1.29, 1.82) is 0 Å². The molecule has 5 atom stereocenters. The molecule has 2 aliphatic carbocycles. The van der Waals surface area contributed by atoms with E-state index in [0.29, 0.717) is 18.3 Å². The molecular weight excluding hydrogens is 280 g/mol. The molecule has 1 amide bonds. The van der Waals surface area contributed by atoms with Crippen LogP contribution in [0.4, 0.5) is 5.82 Å². The van der Waals surface area contributed by atoms with Gasteiger partial charge in [0.05, 0.1) is 6.10 Å². The lowest BCUT2D eigenvalue weighted by atomic mass is 9.86. The molecule has 6 nitrogen and oxygen atoms in total. The average Bonchev–Trinajstić information content (AvgIpc) is 3.29. The summed E-state index contributed by atoms with van der Waals surface area (Å²) in [6, 6.07) is 2.00. The molecule has 0 spiro atoms. The molecule has 1 aromatic rings. The van der Waals surface area contributed by atoms with E-state index in [2.05, 4.69) is 15.5 Å². The molecule has 3 aliphatic rings. The van der Waals surface area contributed by atoms with E-state index in [9.17, 15) is 4.79 Å². The topological polar surface area (TPSA) is 93.0 Å². The first-order valence-corrected chi connectivity index (χ1v) is 8.44. The predicted octanol–water partition coefficient (Wildman–Crippen LogP) is 1.76. The van der Waals surface area contributed by atoms with Crippen LogP contribution in [0.1, 0.15) is 50.1 Å². The van der Waals surface area contributed by atoms with Crippen LogP contribution < -0.4 is 11.1 Å². The Morgan fingerprint density at radius 2 is 2.27 bits per heavy atom. The molecule has 1 aromatic heterocycles. The van der Waals surface area contributed by atoms with Gasteiger partial charge in [0.15, 0.2) is 5.82 Å². The van der Waals surface area contributed by atoms with Crippen molar-refractivity contribution >= 4 is 11.7 Å². The standard InChI is InChI=1S/C16H24N4O2/c17-8-11-3-4-14(22-11)16(21)18-15-7-13(19-20-15)12-6-9-1-2-10(12)5-9/h7,9-12,14H,1-6,8,17H2,(H2,18,19,20,21)/t9?,10?,11-,12?,14+/m1/s1. The van der Waals surface area contributed by atoms with E-state index in [4.69, 9.17) is 10.5 Å². The highest BCUT2D eigenvalue weighted by molar-refractivity contribution is 5.93. The first kappa shape index (κ1) is 14.2. The first-order valence-electron chi connectivity index (χ1n) is 8.44. The Kier molecular flexibility index (Phi) is 3.66. The van der Waals surface area contributed by atoms with Gasteiger partial charge in [0, 0.05) is 24.2 Å². The number of carbonyl (C=O) groups excluding carboxylic acids is 1. The minimum atomic E-state index is -0.392. The third kappa shape index (κ3) is 2.54. The Bertz CT molecular complexity index is 558. The van der Waals surface area contributed by atoms with Crippen LogP contribution in [0.5, 0.6) is 0 Å². The van der Waals surface area contributed by atoms with E-state index in [-0.39, 0.29) is 12.0 Å². The van der Waals surface area contributed by atoms with Crippen LogP contribution in [0.2, 0.25) is 0 Å². The summed E-state index contributed by atoms with van der Waals surface area (Å²) in [6.07, 6.45) is 6.57. The lowest BCUT2D eigenvalue weighted by Crippen LogP contribution is -2.29. The first-order chi connectivity index (χ1) is 10.7. The molecule has 6 heteroatoms. The fourth-order valence-corrected chi connectivity index (χ4v) is 4.49. The number of rotatable bonds is 4. The largest absolute Gasteiger partial charge is 0.364 e. The molecule has 1 saturated heterocycles.